The number of carboxylic acids is 2. The molecule has 0 atom stereocenters. The molecule has 0 aliphatic carbocycles. The van der Waals surface area contributed by atoms with Crippen molar-refractivity contribution >= 4 is 11.9 Å². The lowest BCUT2D eigenvalue weighted by Gasteiger charge is -2.24. The summed E-state index contributed by atoms with van der Waals surface area (Å²) in [4.78, 5) is 34.6. The van der Waals surface area contributed by atoms with Gasteiger partial charge in [-0.25, -0.2) is 0 Å². The van der Waals surface area contributed by atoms with E-state index in [0.29, 0.717) is 30.8 Å². The van der Waals surface area contributed by atoms with Gasteiger partial charge in [-0.05, 0) is 31.2 Å². The molecule has 34 heavy (non-hydrogen) atoms. The van der Waals surface area contributed by atoms with E-state index in [9.17, 15) is 14.7 Å². The van der Waals surface area contributed by atoms with Crippen molar-refractivity contribution in [1.29, 1.82) is 0 Å². The first kappa shape index (κ1) is 24.8. The largest absolute Gasteiger partial charge is 0.507 e. The van der Waals surface area contributed by atoms with Crippen molar-refractivity contribution in [2.24, 2.45) is 0 Å². The molecular formula is C25H28N4O5. The Labute approximate surface area is 197 Å². The Morgan fingerprint density at radius 3 is 1.65 bits per heavy atom. The molecule has 0 radical (unpaired) electrons. The summed E-state index contributed by atoms with van der Waals surface area (Å²) < 4.78 is 0. The summed E-state index contributed by atoms with van der Waals surface area (Å²) in [7, 11) is 0. The van der Waals surface area contributed by atoms with Gasteiger partial charge in [-0.2, -0.15) is 0 Å². The van der Waals surface area contributed by atoms with Crippen molar-refractivity contribution in [1.82, 2.24) is 19.8 Å². The first-order chi connectivity index (χ1) is 16.3. The highest BCUT2D eigenvalue weighted by molar-refractivity contribution is 5.72. The molecule has 3 rings (SSSR count). The molecule has 0 amide bonds. The van der Waals surface area contributed by atoms with Crippen molar-refractivity contribution in [3.63, 3.8) is 0 Å². The van der Waals surface area contributed by atoms with Gasteiger partial charge in [0, 0.05) is 49.7 Å². The Morgan fingerprint density at radius 1 is 0.765 bits per heavy atom. The minimum atomic E-state index is -1.13. The first-order valence-electron chi connectivity index (χ1n) is 10.8. The molecular weight excluding hydrogens is 436 g/mol. The van der Waals surface area contributed by atoms with Crippen LogP contribution in [0.5, 0.6) is 5.75 Å². The Bertz CT molecular complexity index is 1050. The molecule has 0 spiro atoms. The van der Waals surface area contributed by atoms with E-state index >= 15 is 0 Å². The number of pyridine rings is 2. The number of phenols is 1. The monoisotopic (exact) mass is 464 g/mol. The zero-order chi connectivity index (χ0) is 24.5. The van der Waals surface area contributed by atoms with Crippen LogP contribution >= 0.6 is 0 Å². The highest BCUT2D eigenvalue weighted by atomic mass is 16.4. The second kappa shape index (κ2) is 11.9. The van der Waals surface area contributed by atoms with Gasteiger partial charge < -0.3 is 15.3 Å². The number of hydrogen-bond donors (Lipinski definition) is 3. The molecule has 0 bridgehead atoms. The Hall–Kier alpha value is -3.82. The van der Waals surface area contributed by atoms with Crippen molar-refractivity contribution < 1.29 is 24.9 Å². The highest BCUT2D eigenvalue weighted by Crippen LogP contribution is 2.28. The molecule has 0 saturated heterocycles. The first-order valence-corrected chi connectivity index (χ1v) is 10.8. The lowest BCUT2D eigenvalue weighted by atomic mass is 10.0. The Balaban J connectivity index is 1.87. The second-order valence-electron chi connectivity index (χ2n) is 8.15. The number of phenolic OH excluding ortho intramolecular Hbond substituents is 1. The summed E-state index contributed by atoms with van der Waals surface area (Å²) in [5, 5.41) is 29.3. The maximum atomic E-state index is 11.2. The van der Waals surface area contributed by atoms with Gasteiger partial charge in [0.1, 0.15) is 5.75 Å². The number of nitrogens with zero attached hydrogens (tertiary/aromatic N) is 4. The van der Waals surface area contributed by atoms with E-state index in [1.54, 1.807) is 18.5 Å². The fourth-order valence-corrected chi connectivity index (χ4v) is 3.82. The molecule has 0 aliphatic heterocycles. The molecule has 1 aromatic carbocycles. The van der Waals surface area contributed by atoms with E-state index in [1.165, 1.54) is 4.90 Å². The number of benzene rings is 1. The topological polar surface area (TPSA) is 127 Å². The molecule has 3 N–H and O–H groups in total. The van der Waals surface area contributed by atoms with Crippen molar-refractivity contribution in [3.8, 4) is 5.75 Å². The summed E-state index contributed by atoms with van der Waals surface area (Å²) in [6.07, 6.45) is 3.46. The molecule has 0 saturated carbocycles. The fraction of sp³-hybridized carbons (Fsp3) is 0.280. The number of carboxylic acid groups (broad SMARTS) is 2. The molecule has 2 aromatic heterocycles. The third kappa shape index (κ3) is 7.65. The zero-order valence-electron chi connectivity index (χ0n) is 19.0. The van der Waals surface area contributed by atoms with Crippen LogP contribution < -0.4 is 0 Å². The fourth-order valence-electron chi connectivity index (χ4n) is 3.82. The van der Waals surface area contributed by atoms with Crippen molar-refractivity contribution in [2.75, 3.05) is 13.1 Å². The van der Waals surface area contributed by atoms with Crippen LogP contribution in [0.4, 0.5) is 0 Å². The summed E-state index contributed by atoms with van der Waals surface area (Å²) >= 11 is 0. The maximum Gasteiger partial charge on any atom is 0.317 e. The van der Waals surface area contributed by atoms with Crippen LogP contribution in [0, 0.1) is 6.92 Å². The molecule has 9 heteroatoms. The summed E-state index contributed by atoms with van der Waals surface area (Å²) in [5.41, 5.74) is 3.77. The van der Waals surface area contributed by atoms with Crippen LogP contribution in [0.3, 0.4) is 0 Å². The standard InChI is InChI=1S/C25H28N4O5/c1-18-10-19(25(34)20(11-18)13-29(16-23(30)31)17-24(32)33)12-28(14-21-6-2-4-8-26-21)15-22-7-3-5-9-27-22/h2-11,34H,12-17H2,1H3,(H,30,31)(H,32,33). The van der Waals surface area contributed by atoms with Crippen molar-refractivity contribution in [3.05, 3.63) is 89.0 Å². The SMILES string of the molecule is Cc1cc(CN(CC(=O)O)CC(=O)O)c(O)c(CN(Cc2ccccn2)Cc2ccccn2)c1. The van der Waals surface area contributed by atoms with Crippen LogP contribution in [-0.4, -0.2) is 60.1 Å². The minimum Gasteiger partial charge on any atom is -0.507 e. The van der Waals surface area contributed by atoms with E-state index in [1.807, 2.05) is 49.4 Å². The third-order valence-corrected chi connectivity index (χ3v) is 5.14. The van der Waals surface area contributed by atoms with Crippen LogP contribution in [0.2, 0.25) is 0 Å². The smallest absolute Gasteiger partial charge is 0.317 e. The van der Waals surface area contributed by atoms with E-state index in [0.717, 1.165) is 17.0 Å². The predicted molar refractivity (Wildman–Crippen MR) is 125 cm³/mol. The van der Waals surface area contributed by atoms with Crippen LogP contribution in [0.15, 0.2) is 60.9 Å². The molecule has 0 fully saturated rings. The molecule has 3 aromatic rings. The summed E-state index contributed by atoms with van der Waals surface area (Å²) in [6.45, 7) is 2.45. The molecule has 178 valence electrons. The second-order valence-corrected chi connectivity index (χ2v) is 8.15. The summed E-state index contributed by atoms with van der Waals surface area (Å²) in [6, 6.07) is 15.0. The normalized spacial score (nSPS) is 11.1. The van der Waals surface area contributed by atoms with Crippen LogP contribution in [0.25, 0.3) is 0 Å². The van der Waals surface area contributed by atoms with E-state index in [4.69, 9.17) is 10.2 Å². The van der Waals surface area contributed by atoms with Crippen LogP contribution in [-0.2, 0) is 35.8 Å². The number of aromatic hydroxyl groups is 1. The molecule has 0 unspecified atom stereocenters. The number of carbonyl (C=O) groups is 2. The third-order valence-electron chi connectivity index (χ3n) is 5.14. The van der Waals surface area contributed by atoms with Gasteiger partial charge in [-0.1, -0.05) is 29.8 Å². The molecule has 9 nitrogen and oxygen atoms in total. The quantitative estimate of drug-likeness (QED) is 0.371. The number of aryl methyl sites for hydroxylation is 1. The lowest BCUT2D eigenvalue weighted by Crippen LogP contribution is -2.34. The number of aliphatic carboxylic acids is 2. The lowest BCUT2D eigenvalue weighted by molar-refractivity contribution is -0.142. The molecule has 2 heterocycles. The average Bonchev–Trinajstić information content (AvgIpc) is 2.77. The van der Waals surface area contributed by atoms with Gasteiger partial charge in [0.25, 0.3) is 0 Å². The van der Waals surface area contributed by atoms with Crippen molar-refractivity contribution in [2.45, 2.75) is 33.1 Å². The average molecular weight is 465 g/mol. The van der Waals surface area contributed by atoms with Gasteiger partial charge in [0.15, 0.2) is 0 Å². The number of aromatic nitrogens is 2. The van der Waals surface area contributed by atoms with Gasteiger partial charge in [0.05, 0.1) is 24.5 Å². The highest BCUT2D eigenvalue weighted by Gasteiger charge is 2.19. The predicted octanol–water partition coefficient (Wildman–Crippen LogP) is 2.66. The van der Waals surface area contributed by atoms with Gasteiger partial charge in [-0.3, -0.25) is 29.4 Å². The van der Waals surface area contributed by atoms with E-state index < -0.39 is 25.0 Å². The maximum absolute atomic E-state index is 11.2. The number of hydrogen-bond acceptors (Lipinski definition) is 7. The minimum absolute atomic E-state index is 0.000402. The summed E-state index contributed by atoms with van der Waals surface area (Å²) in [5.74, 6) is -2.24. The molecule has 0 aliphatic rings. The number of rotatable bonds is 12. The van der Waals surface area contributed by atoms with Gasteiger partial charge >= 0.3 is 11.9 Å². The van der Waals surface area contributed by atoms with E-state index in [-0.39, 0.29) is 12.3 Å². The van der Waals surface area contributed by atoms with E-state index in [2.05, 4.69) is 14.9 Å². The van der Waals surface area contributed by atoms with Crippen LogP contribution in [0.1, 0.15) is 28.1 Å². The Kier molecular flexibility index (Phi) is 8.66. The zero-order valence-corrected chi connectivity index (χ0v) is 19.0. The van der Waals surface area contributed by atoms with Gasteiger partial charge in [0.2, 0.25) is 0 Å². The van der Waals surface area contributed by atoms with Gasteiger partial charge in [-0.15, -0.1) is 0 Å². The Morgan fingerprint density at radius 2 is 1.24 bits per heavy atom.